The Labute approximate surface area is 171 Å². The third-order valence-electron chi connectivity index (χ3n) is 6.24. The molecule has 0 spiro atoms. The lowest BCUT2D eigenvalue weighted by Gasteiger charge is -2.30. The fourth-order valence-corrected chi connectivity index (χ4v) is 4.75. The molecule has 0 aliphatic carbocycles. The second-order valence-electron chi connectivity index (χ2n) is 8.33. The minimum Gasteiger partial charge on any atom is -0.343 e. The number of amides is 2. The minimum absolute atomic E-state index is 0.104. The van der Waals surface area contributed by atoms with Crippen molar-refractivity contribution in [2.45, 2.75) is 70.5 Å². The molecule has 5 nitrogen and oxygen atoms in total. The van der Waals surface area contributed by atoms with E-state index in [9.17, 15) is 18.4 Å². The van der Waals surface area contributed by atoms with E-state index in [0.29, 0.717) is 18.6 Å². The summed E-state index contributed by atoms with van der Waals surface area (Å²) in [6.45, 7) is 6.84. The molecule has 2 aliphatic rings. The van der Waals surface area contributed by atoms with E-state index in [1.165, 1.54) is 24.3 Å². The van der Waals surface area contributed by atoms with Crippen molar-refractivity contribution in [3.63, 3.8) is 0 Å². The van der Waals surface area contributed by atoms with Crippen molar-refractivity contribution >= 4 is 11.8 Å². The molecule has 0 aromatic heterocycles. The highest BCUT2D eigenvalue weighted by atomic mass is 19.3. The average Bonchev–Trinajstić information content (AvgIpc) is 3.27. The van der Waals surface area contributed by atoms with Gasteiger partial charge >= 0.3 is 0 Å². The highest BCUT2D eigenvalue weighted by Gasteiger charge is 2.45. The maximum Gasteiger partial charge on any atom is 0.270 e. The lowest BCUT2D eigenvalue weighted by Crippen LogP contribution is -2.45. The number of hydrogen-bond acceptors (Lipinski definition) is 3. The molecule has 1 aromatic rings. The van der Waals surface area contributed by atoms with Gasteiger partial charge in [0.2, 0.25) is 5.91 Å². The Morgan fingerprint density at radius 2 is 1.97 bits per heavy atom. The standard InChI is InChI=1S/C22H31F2N3O2/c1-4-6-15(2)26-11-9-19-18(26)10-12-27(19)20(28)14-25-21(29)16-7-5-8-17(13-16)22(3,23)24/h5,7-8,13,15,18-19H,4,6,9-12,14H2,1-3H3,(H,25,29). The Morgan fingerprint density at radius 3 is 2.66 bits per heavy atom. The predicted octanol–water partition coefficient (Wildman–Crippen LogP) is 3.39. The Hall–Kier alpha value is -2.02. The number of nitrogens with one attached hydrogen (secondary N) is 1. The van der Waals surface area contributed by atoms with Crippen LogP contribution in [-0.4, -0.2) is 59.4 Å². The van der Waals surface area contributed by atoms with Crippen molar-refractivity contribution in [3.8, 4) is 0 Å². The summed E-state index contributed by atoms with van der Waals surface area (Å²) in [6, 6.07) is 6.51. The fraction of sp³-hybridized carbons (Fsp3) is 0.636. The van der Waals surface area contributed by atoms with Gasteiger partial charge in [0.05, 0.1) is 6.54 Å². The summed E-state index contributed by atoms with van der Waals surface area (Å²) in [6.07, 6.45) is 4.23. The van der Waals surface area contributed by atoms with E-state index < -0.39 is 11.8 Å². The number of alkyl halides is 2. The molecule has 2 heterocycles. The van der Waals surface area contributed by atoms with Crippen LogP contribution in [0.25, 0.3) is 0 Å². The molecule has 3 rings (SSSR count). The van der Waals surface area contributed by atoms with Crippen LogP contribution in [0, 0.1) is 0 Å². The largest absolute Gasteiger partial charge is 0.343 e. The molecule has 7 heteroatoms. The molecular formula is C22H31F2N3O2. The first kappa shape index (κ1) is 21.7. The van der Waals surface area contributed by atoms with Crippen LogP contribution in [-0.2, 0) is 10.7 Å². The summed E-state index contributed by atoms with van der Waals surface area (Å²) in [5.41, 5.74) is -0.0809. The summed E-state index contributed by atoms with van der Waals surface area (Å²) >= 11 is 0. The number of carbonyl (C=O) groups is 2. The molecule has 0 radical (unpaired) electrons. The summed E-state index contributed by atoms with van der Waals surface area (Å²) in [4.78, 5) is 29.5. The van der Waals surface area contributed by atoms with Gasteiger partial charge in [-0.05, 0) is 38.3 Å². The van der Waals surface area contributed by atoms with Gasteiger partial charge in [0, 0.05) is 49.3 Å². The minimum atomic E-state index is -3.01. The number of carbonyl (C=O) groups excluding carboxylic acids is 2. The van der Waals surface area contributed by atoms with Gasteiger partial charge in [0.15, 0.2) is 0 Å². The number of rotatable bonds is 7. The molecule has 1 aromatic carbocycles. The third kappa shape index (κ3) is 4.77. The zero-order valence-electron chi connectivity index (χ0n) is 17.5. The van der Waals surface area contributed by atoms with E-state index in [0.717, 1.165) is 39.2 Å². The van der Waals surface area contributed by atoms with Crippen LogP contribution in [0.1, 0.15) is 62.4 Å². The lowest BCUT2D eigenvalue weighted by molar-refractivity contribution is -0.130. The Bertz CT molecular complexity index is 750. The van der Waals surface area contributed by atoms with Crippen LogP contribution in [0.15, 0.2) is 24.3 Å². The van der Waals surface area contributed by atoms with Crippen LogP contribution in [0.5, 0.6) is 0 Å². The van der Waals surface area contributed by atoms with Gasteiger partial charge in [-0.25, -0.2) is 8.78 Å². The van der Waals surface area contributed by atoms with Crippen molar-refractivity contribution in [3.05, 3.63) is 35.4 Å². The molecule has 0 saturated carbocycles. The van der Waals surface area contributed by atoms with Crippen molar-refractivity contribution in [1.29, 1.82) is 0 Å². The Kier molecular flexibility index (Phi) is 6.56. The van der Waals surface area contributed by atoms with Gasteiger partial charge < -0.3 is 10.2 Å². The lowest BCUT2D eigenvalue weighted by atomic mass is 10.1. The van der Waals surface area contributed by atoms with Crippen LogP contribution >= 0.6 is 0 Å². The SMILES string of the molecule is CCCC(C)N1CCC2C1CCN2C(=O)CNC(=O)c1cccc(C(C)(F)F)c1. The van der Waals surface area contributed by atoms with E-state index in [4.69, 9.17) is 0 Å². The van der Waals surface area contributed by atoms with E-state index in [1.807, 2.05) is 4.90 Å². The molecule has 2 saturated heterocycles. The molecule has 3 unspecified atom stereocenters. The molecule has 3 atom stereocenters. The number of fused-ring (bicyclic) bond motifs is 1. The number of nitrogens with zero attached hydrogens (tertiary/aromatic N) is 2. The van der Waals surface area contributed by atoms with Crippen molar-refractivity contribution in [2.75, 3.05) is 19.6 Å². The van der Waals surface area contributed by atoms with E-state index >= 15 is 0 Å². The monoisotopic (exact) mass is 407 g/mol. The highest BCUT2D eigenvalue weighted by Crippen LogP contribution is 2.33. The summed E-state index contributed by atoms with van der Waals surface area (Å²) < 4.78 is 27.0. The average molecular weight is 408 g/mol. The second-order valence-corrected chi connectivity index (χ2v) is 8.33. The van der Waals surface area contributed by atoms with Gasteiger partial charge in [0.1, 0.15) is 0 Å². The number of likely N-dealkylation sites (tertiary alicyclic amines) is 2. The van der Waals surface area contributed by atoms with Crippen molar-refractivity contribution < 1.29 is 18.4 Å². The van der Waals surface area contributed by atoms with Crippen LogP contribution in [0.4, 0.5) is 8.78 Å². The van der Waals surface area contributed by atoms with Gasteiger partial charge in [0.25, 0.3) is 11.8 Å². The maximum absolute atomic E-state index is 13.5. The smallest absolute Gasteiger partial charge is 0.270 e. The fourth-order valence-electron chi connectivity index (χ4n) is 4.75. The van der Waals surface area contributed by atoms with Gasteiger partial charge in [-0.1, -0.05) is 25.5 Å². The summed E-state index contributed by atoms with van der Waals surface area (Å²) in [5, 5.41) is 2.60. The Morgan fingerprint density at radius 1 is 1.24 bits per heavy atom. The first-order valence-electron chi connectivity index (χ1n) is 10.5. The molecule has 1 N–H and O–H groups in total. The van der Waals surface area contributed by atoms with E-state index in [-0.39, 0.29) is 29.6 Å². The van der Waals surface area contributed by atoms with Crippen molar-refractivity contribution in [1.82, 2.24) is 15.1 Å². The molecule has 160 valence electrons. The van der Waals surface area contributed by atoms with Gasteiger partial charge in [-0.2, -0.15) is 0 Å². The molecule has 2 fully saturated rings. The third-order valence-corrected chi connectivity index (χ3v) is 6.24. The molecule has 29 heavy (non-hydrogen) atoms. The van der Waals surface area contributed by atoms with Gasteiger partial charge in [-0.3, -0.25) is 14.5 Å². The number of halogens is 2. The topological polar surface area (TPSA) is 52.6 Å². The number of benzene rings is 1. The normalized spacial score (nSPS) is 23.1. The maximum atomic E-state index is 13.5. The van der Waals surface area contributed by atoms with E-state index in [1.54, 1.807) is 0 Å². The Balaban J connectivity index is 1.56. The molecular weight excluding hydrogens is 376 g/mol. The number of hydrogen-bond donors (Lipinski definition) is 1. The highest BCUT2D eigenvalue weighted by molar-refractivity contribution is 5.96. The van der Waals surface area contributed by atoms with Gasteiger partial charge in [-0.15, -0.1) is 0 Å². The molecule has 2 aliphatic heterocycles. The summed E-state index contributed by atoms with van der Waals surface area (Å²) in [7, 11) is 0. The first-order valence-corrected chi connectivity index (χ1v) is 10.5. The predicted molar refractivity (Wildman–Crippen MR) is 108 cm³/mol. The van der Waals surface area contributed by atoms with Crippen molar-refractivity contribution in [2.24, 2.45) is 0 Å². The van der Waals surface area contributed by atoms with Crippen LogP contribution in [0.2, 0.25) is 0 Å². The zero-order chi connectivity index (χ0) is 21.2. The quantitative estimate of drug-likeness (QED) is 0.754. The van der Waals surface area contributed by atoms with Crippen LogP contribution < -0.4 is 5.32 Å². The summed E-state index contributed by atoms with van der Waals surface area (Å²) in [5.74, 6) is -3.63. The molecule has 0 bridgehead atoms. The van der Waals surface area contributed by atoms with E-state index in [2.05, 4.69) is 24.1 Å². The molecule has 2 amide bonds. The van der Waals surface area contributed by atoms with Crippen LogP contribution in [0.3, 0.4) is 0 Å². The zero-order valence-corrected chi connectivity index (χ0v) is 17.5. The second kappa shape index (κ2) is 8.78. The first-order chi connectivity index (χ1) is 13.7.